The molecular formula is C27H26N2O5. The molecule has 1 aromatic heterocycles. The summed E-state index contributed by atoms with van der Waals surface area (Å²) in [4.78, 5) is 30.6. The van der Waals surface area contributed by atoms with E-state index >= 15 is 0 Å². The van der Waals surface area contributed by atoms with Gasteiger partial charge in [-0.2, -0.15) is 0 Å². The van der Waals surface area contributed by atoms with Crippen molar-refractivity contribution in [2.24, 2.45) is 0 Å². The van der Waals surface area contributed by atoms with Gasteiger partial charge in [0.25, 0.3) is 5.91 Å². The van der Waals surface area contributed by atoms with Gasteiger partial charge in [0.1, 0.15) is 11.5 Å². The van der Waals surface area contributed by atoms with Gasteiger partial charge in [0.2, 0.25) is 5.78 Å². The number of ketones is 1. The number of pyridine rings is 1. The Labute approximate surface area is 198 Å². The van der Waals surface area contributed by atoms with Crippen molar-refractivity contribution in [3.05, 3.63) is 95.3 Å². The number of amides is 1. The molecule has 2 aromatic carbocycles. The summed E-state index contributed by atoms with van der Waals surface area (Å²) in [5, 5.41) is 13.5. The Kier molecular flexibility index (Phi) is 6.92. The molecule has 0 aliphatic carbocycles. The second kappa shape index (κ2) is 10.2. The van der Waals surface area contributed by atoms with Crippen LogP contribution in [-0.2, 0) is 16.1 Å². The van der Waals surface area contributed by atoms with Gasteiger partial charge >= 0.3 is 0 Å². The molecule has 174 valence electrons. The molecule has 1 aliphatic heterocycles. The fourth-order valence-electron chi connectivity index (χ4n) is 3.97. The second-order valence-electron chi connectivity index (χ2n) is 7.97. The minimum atomic E-state index is -0.811. The lowest BCUT2D eigenvalue weighted by Gasteiger charge is -2.27. The fourth-order valence-corrected chi connectivity index (χ4v) is 3.97. The van der Waals surface area contributed by atoms with Crippen LogP contribution in [0, 0.1) is 0 Å². The summed E-state index contributed by atoms with van der Waals surface area (Å²) >= 11 is 0. The molecule has 1 amide bonds. The lowest BCUT2D eigenvalue weighted by Crippen LogP contribution is -2.29. The van der Waals surface area contributed by atoms with Crippen molar-refractivity contribution in [3.8, 4) is 11.5 Å². The zero-order chi connectivity index (χ0) is 24.1. The number of likely N-dealkylation sites (tertiary alicyclic amines) is 1. The first-order chi connectivity index (χ1) is 16.5. The molecule has 1 N–H and O–H groups in total. The van der Waals surface area contributed by atoms with Gasteiger partial charge in [0.05, 0.1) is 26.3 Å². The van der Waals surface area contributed by atoms with E-state index in [-0.39, 0.29) is 12.1 Å². The Morgan fingerprint density at radius 2 is 1.74 bits per heavy atom. The number of aromatic nitrogens is 1. The molecule has 1 fully saturated rings. The first-order valence-electron chi connectivity index (χ1n) is 11.1. The average molecular weight is 459 g/mol. The number of H-pyrrole nitrogens is 1. The molecule has 0 radical (unpaired) electrons. The van der Waals surface area contributed by atoms with Gasteiger partial charge in [-0.05, 0) is 47.9 Å². The summed E-state index contributed by atoms with van der Waals surface area (Å²) in [5.41, 5.74) is 1.74. The average Bonchev–Trinajstić information content (AvgIpc) is 3.13. The van der Waals surface area contributed by atoms with Crippen molar-refractivity contribution >= 4 is 17.4 Å². The number of carbonyl (C=O) groups excluding carboxylic acids is 2. The molecule has 3 aromatic rings. The topological polar surface area (TPSA) is 93.0 Å². The van der Waals surface area contributed by atoms with Gasteiger partial charge in [-0.15, -0.1) is 0 Å². The maximum absolute atomic E-state index is 13.5. The second-order valence-corrected chi connectivity index (χ2v) is 7.97. The Morgan fingerprint density at radius 1 is 1.03 bits per heavy atom. The van der Waals surface area contributed by atoms with E-state index in [1.165, 1.54) is 4.90 Å². The van der Waals surface area contributed by atoms with Crippen LogP contribution in [0.5, 0.6) is 11.5 Å². The lowest BCUT2D eigenvalue weighted by atomic mass is 9.95. The third kappa shape index (κ3) is 4.64. The van der Waals surface area contributed by atoms with Crippen LogP contribution >= 0.6 is 0 Å². The molecule has 4 rings (SSSR count). The minimum absolute atomic E-state index is 0.0581. The van der Waals surface area contributed by atoms with Gasteiger partial charge in [-0.25, -0.2) is 4.98 Å². The monoisotopic (exact) mass is 458 g/mol. The van der Waals surface area contributed by atoms with Gasteiger partial charge in [-0.3, -0.25) is 9.59 Å². The molecule has 0 spiro atoms. The highest BCUT2D eigenvalue weighted by molar-refractivity contribution is 6.46. The zero-order valence-corrected chi connectivity index (χ0v) is 19.1. The molecule has 34 heavy (non-hydrogen) atoms. The standard InChI is InChI=1S/C27H26N2O5/c1-3-15-34-22-12-8-20(9-13-22)25(30)23-24(19-6-10-21(33-2)11-7-19)29(27(32)26(23)31)17-18-5-4-14-28-16-18/h4-14,16,24,30H,3,15,17H2,1-2H3/b25-23+. The van der Waals surface area contributed by atoms with Crippen molar-refractivity contribution < 1.29 is 29.2 Å². The molecule has 1 saturated heterocycles. The van der Waals surface area contributed by atoms with Crippen LogP contribution in [0.1, 0.15) is 36.1 Å². The summed E-state index contributed by atoms with van der Waals surface area (Å²) in [5.74, 6) is -0.665. The first kappa shape index (κ1) is 23.0. The predicted molar refractivity (Wildman–Crippen MR) is 123 cm³/mol. The largest absolute Gasteiger partial charge is 0.872 e. The number of benzene rings is 2. The maximum atomic E-state index is 13.5. The molecule has 2 heterocycles. The predicted octanol–water partition coefficient (Wildman–Crippen LogP) is 2.72. The van der Waals surface area contributed by atoms with Crippen LogP contribution in [0.15, 0.2) is 78.6 Å². The van der Waals surface area contributed by atoms with E-state index in [1.807, 2.05) is 19.1 Å². The summed E-state index contributed by atoms with van der Waals surface area (Å²) < 4.78 is 10.8. The lowest BCUT2D eigenvalue weighted by molar-refractivity contribution is -0.378. The Balaban J connectivity index is 1.78. The van der Waals surface area contributed by atoms with E-state index in [0.717, 1.165) is 12.0 Å². The van der Waals surface area contributed by atoms with Crippen LogP contribution in [0.3, 0.4) is 0 Å². The minimum Gasteiger partial charge on any atom is -0.872 e. The fraction of sp³-hybridized carbons (Fsp3) is 0.222. The number of ether oxygens (including phenoxy) is 2. The number of hydrogen-bond donors (Lipinski definition) is 0. The number of nitrogens with zero attached hydrogens (tertiary/aromatic N) is 1. The van der Waals surface area contributed by atoms with E-state index in [1.54, 1.807) is 68.0 Å². The molecule has 7 heteroatoms. The van der Waals surface area contributed by atoms with E-state index in [9.17, 15) is 14.7 Å². The van der Waals surface area contributed by atoms with Gasteiger partial charge in [-0.1, -0.05) is 36.9 Å². The Hall–Kier alpha value is -4.13. The first-order valence-corrected chi connectivity index (χ1v) is 11.1. The highest BCUT2D eigenvalue weighted by Gasteiger charge is 2.44. The molecule has 1 unspecified atom stereocenters. The van der Waals surface area contributed by atoms with Crippen molar-refractivity contribution in [1.82, 2.24) is 4.90 Å². The van der Waals surface area contributed by atoms with Crippen molar-refractivity contribution in [1.29, 1.82) is 0 Å². The van der Waals surface area contributed by atoms with Crippen molar-refractivity contribution in [3.63, 3.8) is 0 Å². The molecule has 0 bridgehead atoms. The Bertz CT molecular complexity index is 1190. The summed E-state index contributed by atoms with van der Waals surface area (Å²) in [6.45, 7) is 2.76. The van der Waals surface area contributed by atoms with E-state index < -0.39 is 23.5 Å². The smallest absolute Gasteiger partial charge is 0.295 e. The number of carbonyl (C=O) groups is 2. The maximum Gasteiger partial charge on any atom is 0.295 e. The molecular weight excluding hydrogens is 432 g/mol. The van der Waals surface area contributed by atoms with E-state index in [4.69, 9.17) is 9.47 Å². The van der Waals surface area contributed by atoms with Crippen LogP contribution < -0.4 is 19.6 Å². The highest BCUT2D eigenvalue weighted by Crippen LogP contribution is 2.40. The number of Topliss-reactive ketones (excluding diaryl/α,β-unsaturated/α-hetero) is 1. The van der Waals surface area contributed by atoms with Crippen molar-refractivity contribution in [2.75, 3.05) is 13.7 Å². The third-order valence-corrected chi connectivity index (χ3v) is 5.67. The number of hydrogen-bond acceptors (Lipinski definition) is 5. The normalized spacial score (nSPS) is 17.1. The van der Waals surface area contributed by atoms with Gasteiger partial charge < -0.3 is 19.5 Å². The van der Waals surface area contributed by atoms with Gasteiger partial charge in [0, 0.05) is 17.2 Å². The van der Waals surface area contributed by atoms with Crippen LogP contribution in [0.25, 0.3) is 5.76 Å². The van der Waals surface area contributed by atoms with E-state index in [0.29, 0.717) is 29.2 Å². The molecule has 1 atom stereocenters. The zero-order valence-electron chi connectivity index (χ0n) is 19.1. The molecule has 0 saturated carbocycles. The van der Waals surface area contributed by atoms with Gasteiger partial charge in [0.15, 0.2) is 12.4 Å². The van der Waals surface area contributed by atoms with Crippen LogP contribution in [0.2, 0.25) is 0 Å². The summed E-state index contributed by atoms with van der Waals surface area (Å²) in [6.07, 6.45) is 4.39. The van der Waals surface area contributed by atoms with E-state index in [2.05, 4.69) is 4.98 Å². The molecule has 1 aliphatic rings. The van der Waals surface area contributed by atoms with Crippen LogP contribution in [-0.4, -0.2) is 30.3 Å². The highest BCUT2D eigenvalue weighted by atomic mass is 16.5. The number of aromatic amines is 1. The number of rotatable bonds is 8. The Morgan fingerprint density at radius 3 is 2.35 bits per heavy atom. The number of nitrogens with one attached hydrogen (secondary N) is 1. The van der Waals surface area contributed by atoms with Crippen molar-refractivity contribution in [2.45, 2.75) is 25.9 Å². The van der Waals surface area contributed by atoms with Crippen LogP contribution in [0.4, 0.5) is 0 Å². The number of methoxy groups -OCH3 is 1. The summed E-state index contributed by atoms with van der Waals surface area (Å²) in [6, 6.07) is 16.5. The quantitative estimate of drug-likeness (QED) is 0.294. The SMILES string of the molecule is CCCOc1ccc(/C([O-])=C2\C(=O)C(=O)N(Cc3ccc[nH+]c3)C2c2ccc(OC)cc2)cc1. The molecule has 7 nitrogen and oxygen atoms in total. The summed E-state index contributed by atoms with van der Waals surface area (Å²) in [7, 11) is 1.56. The third-order valence-electron chi connectivity index (χ3n) is 5.67.